The summed E-state index contributed by atoms with van der Waals surface area (Å²) < 4.78 is 3.47. The zero-order chi connectivity index (χ0) is 18.4. The van der Waals surface area contributed by atoms with Crippen LogP contribution < -0.4 is 10.1 Å². The topological polar surface area (TPSA) is 81.5 Å². The first-order valence-corrected chi connectivity index (χ1v) is 8.20. The Kier molecular flexibility index (Phi) is 6.47. The lowest BCUT2D eigenvalue weighted by molar-refractivity contribution is -0.384. The second-order valence-electron chi connectivity index (χ2n) is 5.02. The number of rotatable bonds is 6. The van der Waals surface area contributed by atoms with Crippen molar-refractivity contribution in [2.75, 3.05) is 0 Å². The normalized spacial score (nSPS) is 12.3. The number of nitrogens with zero attached hydrogens (tertiary/aromatic N) is 1. The van der Waals surface area contributed by atoms with Gasteiger partial charge in [-0.2, -0.15) is 0 Å². The molecule has 0 aliphatic heterocycles. The molecule has 0 fully saturated rings. The van der Waals surface area contributed by atoms with Gasteiger partial charge in [-0.25, -0.2) is 0 Å². The third-order valence-electron chi connectivity index (χ3n) is 3.08. The lowest BCUT2D eigenvalue weighted by Gasteiger charge is -2.26. The van der Waals surface area contributed by atoms with Crippen LogP contribution in [0.4, 0.5) is 5.69 Å². The Labute approximate surface area is 158 Å². The van der Waals surface area contributed by atoms with Crippen molar-refractivity contribution in [2.24, 2.45) is 0 Å². The molecule has 0 aromatic heterocycles. The van der Waals surface area contributed by atoms with E-state index in [-0.39, 0.29) is 17.9 Å². The van der Waals surface area contributed by atoms with Crippen molar-refractivity contribution >= 4 is 46.4 Å². The second kappa shape index (κ2) is 8.38. The smallest absolute Gasteiger partial charge is 0.273 e. The van der Waals surface area contributed by atoms with Crippen molar-refractivity contribution in [2.45, 2.75) is 16.4 Å². The van der Waals surface area contributed by atoms with E-state index < -0.39 is 20.9 Å². The molecule has 9 heteroatoms. The summed E-state index contributed by atoms with van der Waals surface area (Å²) in [7, 11) is 0. The number of amides is 1. The molecular formula is C16H13Cl3N2O4. The van der Waals surface area contributed by atoms with Crippen LogP contribution in [-0.2, 0) is 11.2 Å². The summed E-state index contributed by atoms with van der Waals surface area (Å²) in [5.74, 6) is -0.335. The van der Waals surface area contributed by atoms with Crippen LogP contribution in [0, 0.1) is 10.1 Å². The minimum absolute atomic E-state index is 0.0659. The number of nitro benzene ring substituents is 1. The van der Waals surface area contributed by atoms with E-state index in [1.54, 1.807) is 24.3 Å². The fourth-order valence-corrected chi connectivity index (χ4v) is 2.26. The molecule has 6 nitrogen and oxygen atoms in total. The largest absolute Gasteiger partial charge is 0.466 e. The van der Waals surface area contributed by atoms with Crippen LogP contribution in [0.1, 0.15) is 5.56 Å². The molecule has 0 radical (unpaired) electrons. The van der Waals surface area contributed by atoms with Gasteiger partial charge >= 0.3 is 0 Å². The van der Waals surface area contributed by atoms with Gasteiger partial charge in [0.05, 0.1) is 17.4 Å². The second-order valence-corrected chi connectivity index (χ2v) is 7.39. The average molecular weight is 404 g/mol. The highest BCUT2D eigenvalue weighted by molar-refractivity contribution is 6.68. The van der Waals surface area contributed by atoms with Gasteiger partial charge in [0.25, 0.3) is 5.69 Å². The van der Waals surface area contributed by atoms with Crippen LogP contribution in [0.3, 0.4) is 0 Å². The quantitative estimate of drug-likeness (QED) is 0.342. The van der Waals surface area contributed by atoms with E-state index in [4.69, 9.17) is 39.5 Å². The van der Waals surface area contributed by atoms with E-state index in [1.807, 2.05) is 6.07 Å². The van der Waals surface area contributed by atoms with E-state index in [2.05, 4.69) is 5.32 Å². The number of alkyl halides is 3. The Bertz CT molecular complexity index is 751. The zero-order valence-corrected chi connectivity index (χ0v) is 15.0. The monoisotopic (exact) mass is 402 g/mol. The van der Waals surface area contributed by atoms with E-state index in [0.717, 1.165) is 5.56 Å². The van der Waals surface area contributed by atoms with Crippen LogP contribution in [0.5, 0.6) is 5.75 Å². The average Bonchev–Trinajstić information content (AvgIpc) is 2.54. The maximum absolute atomic E-state index is 12.2. The third-order valence-corrected chi connectivity index (χ3v) is 3.67. The molecule has 1 atom stereocenters. The number of nitrogens with one attached hydrogen (secondary N) is 1. The summed E-state index contributed by atoms with van der Waals surface area (Å²) in [5.41, 5.74) is 0.592. The Morgan fingerprint density at radius 1 is 1.16 bits per heavy atom. The lowest BCUT2D eigenvalue weighted by Crippen LogP contribution is -2.48. The summed E-state index contributed by atoms with van der Waals surface area (Å²) >= 11 is 17.6. The highest BCUT2D eigenvalue weighted by Crippen LogP contribution is 2.32. The lowest BCUT2D eigenvalue weighted by atomic mass is 10.1. The number of carbonyl (C=O) groups excluding carboxylic acids is 1. The molecule has 132 valence electrons. The zero-order valence-electron chi connectivity index (χ0n) is 12.7. The summed E-state index contributed by atoms with van der Waals surface area (Å²) in [5, 5.41) is 13.3. The molecule has 2 rings (SSSR count). The van der Waals surface area contributed by atoms with Gasteiger partial charge in [-0.1, -0.05) is 71.2 Å². The van der Waals surface area contributed by atoms with Gasteiger partial charge in [-0.05, 0) is 11.6 Å². The van der Waals surface area contributed by atoms with Crippen molar-refractivity contribution in [3.05, 3.63) is 70.3 Å². The van der Waals surface area contributed by atoms with Gasteiger partial charge in [0.2, 0.25) is 15.9 Å². The minimum Gasteiger partial charge on any atom is -0.466 e. The van der Waals surface area contributed by atoms with Crippen LogP contribution in [-0.4, -0.2) is 20.9 Å². The predicted molar refractivity (Wildman–Crippen MR) is 96.1 cm³/mol. The Balaban J connectivity index is 2.10. The molecule has 0 saturated carbocycles. The highest BCUT2D eigenvalue weighted by Gasteiger charge is 2.36. The molecule has 2 aromatic rings. The van der Waals surface area contributed by atoms with Crippen LogP contribution in [0.25, 0.3) is 0 Å². The summed E-state index contributed by atoms with van der Waals surface area (Å²) in [6.07, 6.45) is -1.26. The highest BCUT2D eigenvalue weighted by atomic mass is 35.6. The fourth-order valence-electron chi connectivity index (χ4n) is 1.96. The van der Waals surface area contributed by atoms with E-state index in [1.165, 1.54) is 24.3 Å². The van der Waals surface area contributed by atoms with Crippen molar-refractivity contribution in [1.82, 2.24) is 5.32 Å². The van der Waals surface area contributed by atoms with Gasteiger partial charge in [-0.3, -0.25) is 14.9 Å². The molecule has 0 unspecified atom stereocenters. The summed E-state index contributed by atoms with van der Waals surface area (Å²) in [4.78, 5) is 22.4. The first-order chi connectivity index (χ1) is 11.8. The number of non-ortho nitro benzene ring substituents is 1. The Hall–Kier alpha value is -2.02. The molecule has 0 saturated heterocycles. The first kappa shape index (κ1) is 19.3. The van der Waals surface area contributed by atoms with Gasteiger partial charge < -0.3 is 10.1 Å². The van der Waals surface area contributed by atoms with Gasteiger partial charge in [-0.15, -0.1) is 0 Å². The Morgan fingerprint density at radius 3 is 2.44 bits per heavy atom. The SMILES string of the molecule is O=C(Cc1ccccc1)N[C@H](Oc1cccc([N+](=O)[O-])c1)C(Cl)(Cl)Cl. The minimum atomic E-state index is -1.98. The number of nitro groups is 1. The third kappa shape index (κ3) is 6.08. The van der Waals surface area contributed by atoms with Crippen LogP contribution >= 0.6 is 34.8 Å². The molecule has 1 amide bonds. The number of ether oxygens (including phenoxy) is 1. The molecule has 0 aliphatic carbocycles. The first-order valence-electron chi connectivity index (χ1n) is 7.07. The van der Waals surface area contributed by atoms with Crippen molar-refractivity contribution in [1.29, 1.82) is 0 Å². The van der Waals surface area contributed by atoms with Crippen molar-refractivity contribution in [3.63, 3.8) is 0 Å². The summed E-state index contributed by atoms with van der Waals surface area (Å²) in [6.45, 7) is 0. The number of hydrogen-bond donors (Lipinski definition) is 1. The number of hydrogen-bond acceptors (Lipinski definition) is 4. The molecule has 0 spiro atoms. The number of benzene rings is 2. The van der Waals surface area contributed by atoms with Crippen molar-refractivity contribution < 1.29 is 14.5 Å². The molecule has 0 bridgehead atoms. The van der Waals surface area contributed by atoms with Crippen LogP contribution in [0.15, 0.2) is 54.6 Å². The number of halogens is 3. The molecule has 2 aromatic carbocycles. The fraction of sp³-hybridized carbons (Fsp3) is 0.188. The maximum atomic E-state index is 12.2. The predicted octanol–water partition coefficient (Wildman–Crippen LogP) is 4.03. The van der Waals surface area contributed by atoms with Crippen molar-refractivity contribution in [3.8, 4) is 5.75 Å². The van der Waals surface area contributed by atoms with Gasteiger partial charge in [0.1, 0.15) is 5.75 Å². The standard InChI is InChI=1S/C16H13Cl3N2O4/c17-16(18,19)15(20-14(22)9-11-5-2-1-3-6-11)25-13-8-4-7-12(10-13)21(23)24/h1-8,10,15H,9H2,(H,20,22)/t15-/m1/s1. The Morgan fingerprint density at radius 2 is 1.84 bits per heavy atom. The molecule has 0 heterocycles. The van der Waals surface area contributed by atoms with E-state index >= 15 is 0 Å². The molecule has 25 heavy (non-hydrogen) atoms. The van der Waals surface area contributed by atoms with E-state index in [0.29, 0.717) is 0 Å². The molecule has 1 N–H and O–H groups in total. The summed E-state index contributed by atoms with van der Waals surface area (Å²) in [6, 6.07) is 14.4. The molecular weight excluding hydrogens is 391 g/mol. The molecule has 0 aliphatic rings. The maximum Gasteiger partial charge on any atom is 0.273 e. The van der Waals surface area contributed by atoms with Gasteiger partial charge in [0, 0.05) is 6.07 Å². The van der Waals surface area contributed by atoms with E-state index in [9.17, 15) is 14.9 Å². The van der Waals surface area contributed by atoms with Gasteiger partial charge in [0.15, 0.2) is 0 Å². The van der Waals surface area contributed by atoms with Crippen LogP contribution in [0.2, 0.25) is 0 Å². The number of carbonyl (C=O) groups is 1.